The zero-order chi connectivity index (χ0) is 14.1. The lowest BCUT2D eigenvalue weighted by Crippen LogP contribution is -2.56. The number of aromatic nitrogens is 1. The lowest BCUT2D eigenvalue weighted by Gasteiger charge is -2.46. The molecule has 1 aromatic heterocycles. The highest BCUT2D eigenvalue weighted by molar-refractivity contribution is 5.05. The molecule has 0 bridgehead atoms. The second-order valence-electron chi connectivity index (χ2n) is 6.58. The van der Waals surface area contributed by atoms with E-state index in [0.29, 0.717) is 0 Å². The summed E-state index contributed by atoms with van der Waals surface area (Å²) < 4.78 is 11.5. The van der Waals surface area contributed by atoms with Crippen molar-refractivity contribution >= 4 is 0 Å². The van der Waals surface area contributed by atoms with Gasteiger partial charge in [0.05, 0.1) is 23.4 Å². The first-order chi connectivity index (χ1) is 8.80. The normalized spacial score (nSPS) is 22.6. The van der Waals surface area contributed by atoms with Crippen molar-refractivity contribution in [3.63, 3.8) is 0 Å². The van der Waals surface area contributed by atoms with Gasteiger partial charge in [-0.2, -0.15) is 0 Å². The molecular formula is C14H25N3O2. The summed E-state index contributed by atoms with van der Waals surface area (Å²) in [6.07, 6.45) is 0. The molecule has 19 heavy (non-hydrogen) atoms. The monoisotopic (exact) mass is 267 g/mol. The zero-order valence-electron chi connectivity index (χ0n) is 12.6. The Morgan fingerprint density at radius 1 is 1.26 bits per heavy atom. The van der Waals surface area contributed by atoms with Crippen LogP contribution in [0.5, 0.6) is 0 Å². The molecule has 108 valence electrons. The van der Waals surface area contributed by atoms with Crippen LogP contribution in [0.3, 0.4) is 0 Å². The number of morpholine rings is 1. The largest absolute Gasteiger partial charge is 0.367 e. The fourth-order valence-corrected chi connectivity index (χ4v) is 2.97. The van der Waals surface area contributed by atoms with Crippen molar-refractivity contribution in [2.45, 2.75) is 52.0 Å². The van der Waals surface area contributed by atoms with E-state index in [1.54, 1.807) is 0 Å². The minimum absolute atomic E-state index is 0.129. The molecule has 0 unspecified atom stereocenters. The Bertz CT molecular complexity index is 410. The predicted molar refractivity (Wildman–Crippen MR) is 73.8 cm³/mol. The minimum Gasteiger partial charge on any atom is -0.367 e. The topological polar surface area (TPSA) is 50.5 Å². The maximum absolute atomic E-state index is 6.07. The van der Waals surface area contributed by atoms with E-state index in [2.05, 4.69) is 43.1 Å². The van der Waals surface area contributed by atoms with Crippen LogP contribution < -0.4 is 5.32 Å². The van der Waals surface area contributed by atoms with Crippen molar-refractivity contribution in [3.8, 4) is 0 Å². The Labute approximate surface area is 115 Å². The Balaban J connectivity index is 2.01. The number of hydrogen-bond donors (Lipinski definition) is 1. The molecule has 1 aliphatic heterocycles. The van der Waals surface area contributed by atoms with Crippen LogP contribution in [0.1, 0.15) is 39.1 Å². The quantitative estimate of drug-likeness (QED) is 0.901. The lowest BCUT2D eigenvalue weighted by molar-refractivity contribution is -0.182. The first-order valence-corrected chi connectivity index (χ1v) is 6.81. The highest BCUT2D eigenvalue weighted by Gasteiger charge is 2.38. The van der Waals surface area contributed by atoms with Crippen LogP contribution in [0, 0.1) is 0 Å². The van der Waals surface area contributed by atoms with Crippen molar-refractivity contribution in [1.82, 2.24) is 15.4 Å². The molecule has 5 nitrogen and oxygen atoms in total. The van der Waals surface area contributed by atoms with Crippen LogP contribution in [0.4, 0.5) is 0 Å². The molecule has 1 fully saturated rings. The van der Waals surface area contributed by atoms with Crippen LogP contribution >= 0.6 is 0 Å². The van der Waals surface area contributed by atoms with Crippen molar-refractivity contribution in [3.05, 3.63) is 17.5 Å². The molecule has 0 aromatic carbocycles. The van der Waals surface area contributed by atoms with Crippen LogP contribution in [-0.4, -0.2) is 41.4 Å². The molecule has 0 saturated carbocycles. The van der Waals surface area contributed by atoms with Gasteiger partial charge in [0.2, 0.25) is 0 Å². The summed E-state index contributed by atoms with van der Waals surface area (Å²) in [5.74, 6) is 0.916. The maximum atomic E-state index is 6.07. The van der Waals surface area contributed by atoms with Crippen molar-refractivity contribution in [1.29, 1.82) is 0 Å². The van der Waals surface area contributed by atoms with Crippen molar-refractivity contribution < 1.29 is 9.26 Å². The van der Waals surface area contributed by atoms with Gasteiger partial charge in [-0.15, -0.1) is 0 Å². The van der Waals surface area contributed by atoms with Gasteiger partial charge in [0.15, 0.2) is 5.76 Å². The van der Waals surface area contributed by atoms with Crippen molar-refractivity contribution in [2.75, 3.05) is 20.1 Å². The number of rotatable bonds is 4. The average molecular weight is 267 g/mol. The summed E-state index contributed by atoms with van der Waals surface area (Å²) in [5, 5.41) is 7.12. The van der Waals surface area contributed by atoms with E-state index in [9.17, 15) is 0 Å². The van der Waals surface area contributed by atoms with E-state index in [-0.39, 0.29) is 11.2 Å². The molecule has 0 atom stereocenters. The fourth-order valence-electron chi connectivity index (χ4n) is 2.97. The summed E-state index contributed by atoms with van der Waals surface area (Å²) in [6.45, 7) is 11.9. The SMILES string of the molecule is CNCc1cc(CN2CC(C)(C)OC(C)(C)C2)on1. The van der Waals surface area contributed by atoms with Gasteiger partial charge in [0, 0.05) is 25.7 Å². The van der Waals surface area contributed by atoms with Gasteiger partial charge in [-0.25, -0.2) is 0 Å². The van der Waals surface area contributed by atoms with Gasteiger partial charge in [-0.1, -0.05) is 5.16 Å². The summed E-state index contributed by atoms with van der Waals surface area (Å²) in [4.78, 5) is 2.37. The van der Waals surface area contributed by atoms with Gasteiger partial charge >= 0.3 is 0 Å². The van der Waals surface area contributed by atoms with E-state index in [1.165, 1.54) is 0 Å². The molecule has 1 aromatic rings. The second kappa shape index (κ2) is 5.23. The Hall–Kier alpha value is -0.910. The van der Waals surface area contributed by atoms with Gasteiger partial charge < -0.3 is 14.6 Å². The predicted octanol–water partition coefficient (Wildman–Crippen LogP) is 1.78. The number of nitrogens with one attached hydrogen (secondary N) is 1. The van der Waals surface area contributed by atoms with E-state index < -0.39 is 0 Å². The van der Waals surface area contributed by atoms with Crippen LogP contribution in [0.2, 0.25) is 0 Å². The summed E-state index contributed by atoms with van der Waals surface area (Å²) in [6, 6.07) is 2.02. The molecule has 1 aliphatic rings. The summed E-state index contributed by atoms with van der Waals surface area (Å²) >= 11 is 0. The standard InChI is InChI=1S/C14H25N3O2/c1-13(2)9-17(10-14(3,4)19-13)8-12-6-11(7-15-5)16-18-12/h6,15H,7-10H2,1-5H3. The zero-order valence-corrected chi connectivity index (χ0v) is 12.6. The van der Waals surface area contributed by atoms with Crippen LogP contribution in [0.25, 0.3) is 0 Å². The van der Waals surface area contributed by atoms with E-state index >= 15 is 0 Å². The summed E-state index contributed by atoms with van der Waals surface area (Å²) in [7, 11) is 1.90. The first kappa shape index (κ1) is 14.5. The molecule has 0 amide bonds. The smallest absolute Gasteiger partial charge is 0.151 e. The van der Waals surface area contributed by atoms with E-state index in [4.69, 9.17) is 9.26 Å². The number of hydrogen-bond acceptors (Lipinski definition) is 5. The molecule has 1 saturated heterocycles. The Morgan fingerprint density at radius 2 is 1.89 bits per heavy atom. The molecule has 0 aliphatic carbocycles. The highest BCUT2D eigenvalue weighted by atomic mass is 16.5. The maximum Gasteiger partial charge on any atom is 0.151 e. The molecule has 0 spiro atoms. The average Bonchev–Trinajstić information content (AvgIpc) is 2.60. The summed E-state index contributed by atoms with van der Waals surface area (Å²) in [5.41, 5.74) is 0.690. The third kappa shape index (κ3) is 4.03. The minimum atomic E-state index is -0.129. The van der Waals surface area contributed by atoms with Crippen LogP contribution in [0.15, 0.2) is 10.6 Å². The number of nitrogens with zero attached hydrogens (tertiary/aromatic N) is 2. The lowest BCUT2D eigenvalue weighted by atomic mass is 9.99. The fraction of sp³-hybridized carbons (Fsp3) is 0.786. The molecule has 1 N–H and O–H groups in total. The molecule has 2 heterocycles. The van der Waals surface area contributed by atoms with Gasteiger partial charge in [0.25, 0.3) is 0 Å². The molecule has 0 radical (unpaired) electrons. The molecule has 2 rings (SSSR count). The van der Waals surface area contributed by atoms with Gasteiger partial charge in [-0.3, -0.25) is 4.90 Å². The van der Waals surface area contributed by atoms with E-state index in [1.807, 2.05) is 13.1 Å². The van der Waals surface area contributed by atoms with Crippen molar-refractivity contribution in [2.24, 2.45) is 0 Å². The Kier molecular flexibility index (Phi) is 3.99. The third-order valence-electron chi connectivity index (χ3n) is 3.11. The molecular weight excluding hydrogens is 242 g/mol. The number of ether oxygens (including phenoxy) is 1. The Morgan fingerprint density at radius 3 is 2.47 bits per heavy atom. The van der Waals surface area contributed by atoms with Gasteiger partial charge in [-0.05, 0) is 34.7 Å². The van der Waals surface area contributed by atoms with Gasteiger partial charge in [0.1, 0.15) is 0 Å². The van der Waals surface area contributed by atoms with Crippen LogP contribution in [-0.2, 0) is 17.8 Å². The molecule has 5 heteroatoms. The second-order valence-corrected chi connectivity index (χ2v) is 6.58. The first-order valence-electron chi connectivity index (χ1n) is 6.81. The van der Waals surface area contributed by atoms with E-state index in [0.717, 1.165) is 37.6 Å². The highest BCUT2D eigenvalue weighted by Crippen LogP contribution is 2.28. The third-order valence-corrected chi connectivity index (χ3v) is 3.11.